The minimum absolute atomic E-state index is 0.0369. The zero-order chi connectivity index (χ0) is 15.8. The third-order valence-corrected chi connectivity index (χ3v) is 6.02. The summed E-state index contributed by atoms with van der Waals surface area (Å²) in [7, 11) is -7.80. The van der Waals surface area contributed by atoms with E-state index in [-0.39, 0.29) is 5.92 Å². The van der Waals surface area contributed by atoms with Crippen LogP contribution in [0.2, 0.25) is 0 Å². The minimum atomic E-state index is -3.96. The summed E-state index contributed by atoms with van der Waals surface area (Å²) in [6, 6.07) is 2.46. The summed E-state index contributed by atoms with van der Waals surface area (Å²) in [5.74, 6) is -0.955. The quantitative estimate of drug-likeness (QED) is 0.895. The largest absolute Gasteiger partial charge is 0.317 e. The highest BCUT2D eigenvalue weighted by atomic mass is 32.2. The first-order valence-electron chi connectivity index (χ1n) is 6.55. The van der Waals surface area contributed by atoms with Crippen molar-refractivity contribution in [1.29, 1.82) is 0 Å². The molecule has 1 aromatic carbocycles. The summed E-state index contributed by atoms with van der Waals surface area (Å²) in [4.78, 5) is -1.18. The van der Waals surface area contributed by atoms with Crippen LogP contribution in [-0.2, 0) is 19.7 Å². The number of sulfone groups is 2. The fourth-order valence-corrected chi connectivity index (χ4v) is 5.14. The molecule has 2 rings (SSSR count). The van der Waals surface area contributed by atoms with Crippen molar-refractivity contribution in [2.45, 2.75) is 28.6 Å². The zero-order valence-corrected chi connectivity index (χ0v) is 13.5. The van der Waals surface area contributed by atoms with Gasteiger partial charge in [0.05, 0.1) is 4.90 Å². The van der Waals surface area contributed by atoms with Crippen molar-refractivity contribution in [3.63, 3.8) is 0 Å². The molecule has 0 bridgehead atoms. The van der Waals surface area contributed by atoms with E-state index in [1.165, 1.54) is 6.07 Å². The van der Waals surface area contributed by atoms with Gasteiger partial charge in [0.2, 0.25) is 0 Å². The molecule has 0 spiro atoms. The third-order valence-electron chi connectivity index (χ3n) is 3.61. The molecule has 0 unspecified atom stereocenters. The predicted octanol–water partition coefficient (Wildman–Crippen LogP) is 1.10. The van der Waals surface area contributed by atoms with Crippen LogP contribution in [0.1, 0.15) is 24.3 Å². The molecule has 0 amide bonds. The molecule has 1 aliphatic heterocycles. The van der Waals surface area contributed by atoms with Gasteiger partial charge in [-0.15, -0.1) is 0 Å². The first-order valence-corrected chi connectivity index (χ1v) is 10.3. The smallest absolute Gasteiger partial charge is 0.179 e. The number of benzene rings is 1. The summed E-state index contributed by atoms with van der Waals surface area (Å²) in [5.41, 5.74) is 0.543. The molecule has 1 N–H and O–H groups in total. The van der Waals surface area contributed by atoms with E-state index in [0.29, 0.717) is 5.56 Å². The summed E-state index contributed by atoms with van der Waals surface area (Å²) < 4.78 is 61.3. The number of hydrogen-bond donors (Lipinski definition) is 1. The maximum Gasteiger partial charge on any atom is 0.179 e. The van der Waals surface area contributed by atoms with E-state index in [0.717, 1.165) is 44.5 Å². The van der Waals surface area contributed by atoms with Gasteiger partial charge in [0.25, 0.3) is 0 Å². The van der Waals surface area contributed by atoms with Crippen molar-refractivity contribution in [3.05, 3.63) is 23.5 Å². The number of hydrogen-bond acceptors (Lipinski definition) is 5. The highest BCUT2D eigenvalue weighted by Crippen LogP contribution is 2.32. The Labute approximate surface area is 124 Å². The molecule has 5 nitrogen and oxygen atoms in total. The lowest BCUT2D eigenvalue weighted by molar-refractivity contribution is 0.456. The van der Waals surface area contributed by atoms with Crippen LogP contribution < -0.4 is 5.32 Å². The Morgan fingerprint density at radius 2 is 1.62 bits per heavy atom. The van der Waals surface area contributed by atoms with Gasteiger partial charge in [-0.25, -0.2) is 21.2 Å². The van der Waals surface area contributed by atoms with Gasteiger partial charge in [-0.3, -0.25) is 0 Å². The Kier molecular flexibility index (Phi) is 4.41. The van der Waals surface area contributed by atoms with Crippen LogP contribution in [0.15, 0.2) is 21.9 Å². The topological polar surface area (TPSA) is 80.3 Å². The lowest BCUT2D eigenvalue weighted by Crippen LogP contribution is -2.27. The normalized spacial score (nSPS) is 17.9. The van der Waals surface area contributed by atoms with E-state index < -0.39 is 35.3 Å². The fraction of sp³-hybridized carbons (Fsp3) is 0.538. The lowest BCUT2D eigenvalue weighted by Gasteiger charge is -2.24. The molecule has 118 valence electrons. The Morgan fingerprint density at radius 1 is 1.05 bits per heavy atom. The average molecular weight is 335 g/mol. The molecule has 1 aliphatic rings. The highest BCUT2D eigenvalue weighted by molar-refractivity contribution is 7.93. The molecule has 1 aromatic rings. The third kappa shape index (κ3) is 3.61. The van der Waals surface area contributed by atoms with Crippen molar-refractivity contribution in [3.8, 4) is 0 Å². The molecule has 0 saturated carbocycles. The Balaban J connectivity index is 2.66. The van der Waals surface area contributed by atoms with Crippen LogP contribution in [0.25, 0.3) is 0 Å². The Bertz CT molecular complexity index is 751. The van der Waals surface area contributed by atoms with Crippen molar-refractivity contribution in [2.24, 2.45) is 0 Å². The Morgan fingerprint density at radius 3 is 2.10 bits per heavy atom. The van der Waals surface area contributed by atoms with E-state index in [4.69, 9.17) is 0 Å². The summed E-state index contributed by atoms with van der Waals surface area (Å²) in [6.45, 7) is 1.54. The molecule has 1 heterocycles. The van der Waals surface area contributed by atoms with Crippen LogP contribution in [0.4, 0.5) is 4.39 Å². The van der Waals surface area contributed by atoms with Crippen LogP contribution in [-0.4, -0.2) is 42.4 Å². The van der Waals surface area contributed by atoms with Crippen molar-refractivity contribution >= 4 is 19.7 Å². The molecule has 8 heteroatoms. The number of halogens is 1. The standard InChI is InChI=1S/C13H18FNO4S2/c1-20(16,17)12-8-10(9-3-5-15-6-4-9)7-11(14)13(12)21(2,18)19/h7-9,15H,3-6H2,1-2H3. The summed E-state index contributed by atoms with van der Waals surface area (Å²) in [5, 5.41) is 3.17. The highest BCUT2D eigenvalue weighted by Gasteiger charge is 2.28. The molecule has 0 aromatic heterocycles. The van der Waals surface area contributed by atoms with Gasteiger partial charge in [-0.05, 0) is 49.5 Å². The number of piperidine rings is 1. The van der Waals surface area contributed by atoms with Crippen molar-refractivity contribution in [1.82, 2.24) is 5.32 Å². The maximum atomic E-state index is 14.2. The van der Waals surface area contributed by atoms with Gasteiger partial charge in [-0.1, -0.05) is 0 Å². The van der Waals surface area contributed by atoms with E-state index in [9.17, 15) is 21.2 Å². The van der Waals surface area contributed by atoms with Crippen molar-refractivity contribution < 1.29 is 21.2 Å². The minimum Gasteiger partial charge on any atom is -0.317 e. The SMILES string of the molecule is CS(=O)(=O)c1cc(C2CCNCC2)cc(F)c1S(C)(=O)=O. The van der Waals surface area contributed by atoms with Crippen molar-refractivity contribution in [2.75, 3.05) is 25.6 Å². The van der Waals surface area contributed by atoms with Gasteiger partial charge in [0.1, 0.15) is 10.7 Å². The molecule has 1 saturated heterocycles. The molecule has 0 atom stereocenters. The van der Waals surface area contributed by atoms with Gasteiger partial charge >= 0.3 is 0 Å². The second kappa shape index (κ2) is 5.66. The van der Waals surface area contributed by atoms with Crippen LogP contribution in [0, 0.1) is 5.82 Å². The number of nitrogens with one attached hydrogen (secondary N) is 1. The number of rotatable bonds is 3. The molecule has 0 aliphatic carbocycles. The van der Waals surface area contributed by atoms with Gasteiger partial charge in [0, 0.05) is 12.5 Å². The first-order chi connectivity index (χ1) is 9.60. The molecular weight excluding hydrogens is 317 g/mol. The average Bonchev–Trinajstić information content (AvgIpc) is 2.36. The second-order valence-corrected chi connectivity index (χ2v) is 9.34. The molecule has 21 heavy (non-hydrogen) atoms. The maximum absolute atomic E-state index is 14.2. The van der Waals surface area contributed by atoms with Crippen LogP contribution >= 0.6 is 0 Å². The molecule has 1 fully saturated rings. The van der Waals surface area contributed by atoms with Crippen LogP contribution in [0.3, 0.4) is 0 Å². The Hall–Kier alpha value is -0.990. The van der Waals surface area contributed by atoms with Crippen LogP contribution in [0.5, 0.6) is 0 Å². The zero-order valence-electron chi connectivity index (χ0n) is 11.9. The molecular formula is C13H18FNO4S2. The van der Waals surface area contributed by atoms with Gasteiger partial charge < -0.3 is 5.32 Å². The fourth-order valence-electron chi connectivity index (χ4n) is 2.61. The monoisotopic (exact) mass is 335 g/mol. The summed E-state index contributed by atoms with van der Waals surface area (Å²) in [6.07, 6.45) is 3.23. The van der Waals surface area contributed by atoms with Gasteiger partial charge in [-0.2, -0.15) is 0 Å². The molecule has 0 radical (unpaired) electrons. The van der Waals surface area contributed by atoms with Gasteiger partial charge in [0.15, 0.2) is 19.7 Å². The van der Waals surface area contributed by atoms with E-state index in [1.54, 1.807) is 0 Å². The predicted molar refractivity (Wildman–Crippen MR) is 77.5 cm³/mol. The van der Waals surface area contributed by atoms with E-state index >= 15 is 0 Å². The van der Waals surface area contributed by atoms with E-state index in [2.05, 4.69) is 5.32 Å². The lowest BCUT2D eigenvalue weighted by atomic mass is 9.90. The van der Waals surface area contributed by atoms with E-state index in [1.807, 2.05) is 0 Å². The summed E-state index contributed by atoms with van der Waals surface area (Å²) >= 11 is 0. The first kappa shape index (κ1) is 16.4. The second-order valence-electron chi connectivity index (χ2n) is 5.40.